The first-order valence-corrected chi connectivity index (χ1v) is 4.71. The number of carboxylic acids is 2. The van der Waals surface area contributed by atoms with Crippen LogP contribution in [-0.2, 0) is 9.59 Å². The Balaban J connectivity index is 3.98. The van der Waals surface area contributed by atoms with Gasteiger partial charge in [-0.2, -0.15) is 0 Å². The average molecular weight is 219 g/mol. The zero-order valence-corrected chi connectivity index (χ0v) is 9.36. The molecular weight excluding hydrogens is 200 g/mol. The molecule has 0 aliphatic carbocycles. The summed E-state index contributed by atoms with van der Waals surface area (Å²) < 4.78 is 0.701. The summed E-state index contributed by atoms with van der Waals surface area (Å²) in [5.41, 5.74) is 0. The summed E-state index contributed by atoms with van der Waals surface area (Å²) in [6.07, 6.45) is -0.396. The van der Waals surface area contributed by atoms with Crippen LogP contribution >= 0.6 is 0 Å². The number of nitrogens with zero attached hydrogens (tertiary/aromatic N) is 1. The Morgan fingerprint density at radius 3 is 2.13 bits per heavy atom. The van der Waals surface area contributed by atoms with Crippen molar-refractivity contribution >= 4 is 11.9 Å². The molecule has 6 heteroatoms. The topological polar surface area (TPSA) is 86.6 Å². The minimum atomic E-state index is -1.13. The van der Waals surface area contributed by atoms with E-state index in [4.69, 9.17) is 10.2 Å². The number of carbonyl (C=O) groups is 2. The van der Waals surface area contributed by atoms with Crippen LogP contribution in [0, 0.1) is 0 Å². The molecule has 1 unspecified atom stereocenters. The van der Waals surface area contributed by atoms with Crippen LogP contribution in [0.5, 0.6) is 0 Å². The monoisotopic (exact) mass is 219 g/mol. The number of nitrogens with one attached hydrogen (secondary N) is 1. The first kappa shape index (κ1) is 13.9. The lowest BCUT2D eigenvalue weighted by Gasteiger charge is -2.24. The Kier molecular flexibility index (Phi) is 5.24. The zero-order chi connectivity index (χ0) is 12.1. The van der Waals surface area contributed by atoms with Gasteiger partial charge in [-0.15, -0.1) is 0 Å². The third kappa shape index (κ3) is 7.90. The van der Waals surface area contributed by atoms with Crippen LogP contribution < -0.4 is 5.32 Å². The fourth-order valence-corrected chi connectivity index (χ4v) is 0.996. The molecular formula is C9H19N2O4+. The van der Waals surface area contributed by atoms with Crippen molar-refractivity contribution in [2.75, 3.05) is 34.2 Å². The van der Waals surface area contributed by atoms with Crippen LogP contribution in [0.1, 0.15) is 6.42 Å². The summed E-state index contributed by atoms with van der Waals surface area (Å²) >= 11 is 0. The van der Waals surface area contributed by atoms with E-state index < -0.39 is 24.4 Å². The van der Waals surface area contributed by atoms with Crippen LogP contribution in [0.4, 0.5) is 0 Å². The van der Waals surface area contributed by atoms with Crippen molar-refractivity contribution in [3.63, 3.8) is 0 Å². The molecule has 0 fully saturated rings. The smallest absolute Gasteiger partial charge is 0.321 e. The van der Waals surface area contributed by atoms with Gasteiger partial charge in [-0.25, -0.2) is 0 Å². The summed E-state index contributed by atoms with van der Waals surface area (Å²) in [4.78, 5) is 21.0. The highest BCUT2D eigenvalue weighted by Crippen LogP contribution is 1.94. The Labute approximate surface area is 89.1 Å². The quantitative estimate of drug-likeness (QED) is 0.488. The van der Waals surface area contributed by atoms with E-state index in [-0.39, 0.29) is 0 Å². The van der Waals surface area contributed by atoms with E-state index in [1.165, 1.54) is 0 Å². The fourth-order valence-electron chi connectivity index (χ4n) is 0.996. The molecule has 0 heterocycles. The first-order valence-electron chi connectivity index (χ1n) is 4.71. The molecule has 0 spiro atoms. The largest absolute Gasteiger partial charge is 0.481 e. The van der Waals surface area contributed by atoms with Gasteiger partial charge in [0.2, 0.25) is 0 Å². The van der Waals surface area contributed by atoms with Crippen molar-refractivity contribution in [3.05, 3.63) is 0 Å². The van der Waals surface area contributed by atoms with Crippen molar-refractivity contribution < 1.29 is 24.3 Å². The Morgan fingerprint density at radius 1 is 1.27 bits per heavy atom. The van der Waals surface area contributed by atoms with Crippen LogP contribution in [0.15, 0.2) is 0 Å². The molecule has 0 amide bonds. The van der Waals surface area contributed by atoms with Gasteiger partial charge in [-0.1, -0.05) is 0 Å². The Hall–Kier alpha value is -1.14. The number of quaternary nitrogens is 1. The molecule has 15 heavy (non-hydrogen) atoms. The molecule has 0 saturated carbocycles. The number of carboxylic acid groups (broad SMARTS) is 2. The predicted octanol–water partition coefficient (Wildman–Crippen LogP) is -0.790. The Bertz CT molecular complexity index is 235. The molecule has 88 valence electrons. The lowest BCUT2D eigenvalue weighted by atomic mass is 10.2. The molecule has 0 aromatic heterocycles. The summed E-state index contributed by atoms with van der Waals surface area (Å²) in [6, 6.07) is -1.01. The van der Waals surface area contributed by atoms with E-state index in [9.17, 15) is 9.59 Å². The van der Waals surface area contributed by atoms with E-state index in [1.807, 2.05) is 21.1 Å². The highest BCUT2D eigenvalue weighted by molar-refractivity contribution is 5.80. The normalized spacial score (nSPS) is 13.5. The van der Waals surface area contributed by atoms with E-state index in [1.54, 1.807) is 0 Å². The van der Waals surface area contributed by atoms with E-state index >= 15 is 0 Å². The number of likely N-dealkylation sites (N-methyl/N-ethyl adjacent to an activating group) is 1. The molecule has 0 aliphatic rings. The second kappa shape index (κ2) is 5.67. The summed E-state index contributed by atoms with van der Waals surface area (Å²) in [5.74, 6) is -2.24. The van der Waals surface area contributed by atoms with E-state index in [0.717, 1.165) is 6.54 Å². The van der Waals surface area contributed by atoms with E-state index in [0.29, 0.717) is 11.0 Å². The third-order valence-electron chi connectivity index (χ3n) is 1.85. The standard InChI is InChI=1S/C9H18N2O4/c1-11(2,3)5-4-10-7(9(14)15)6-8(12)13/h7,10H,4-6H2,1-3H3,(H-,12,13,14,15)/p+1. The molecule has 0 saturated heterocycles. The highest BCUT2D eigenvalue weighted by Gasteiger charge is 2.20. The number of hydrogen-bond acceptors (Lipinski definition) is 3. The maximum atomic E-state index is 10.7. The van der Waals surface area contributed by atoms with Gasteiger partial charge in [0.15, 0.2) is 0 Å². The van der Waals surface area contributed by atoms with Crippen LogP contribution in [0.2, 0.25) is 0 Å². The first-order chi connectivity index (χ1) is 6.72. The van der Waals surface area contributed by atoms with Crippen LogP contribution in [0.25, 0.3) is 0 Å². The van der Waals surface area contributed by atoms with Crippen molar-refractivity contribution in [2.24, 2.45) is 0 Å². The average Bonchev–Trinajstić information content (AvgIpc) is 1.99. The van der Waals surface area contributed by atoms with Gasteiger partial charge in [-0.3, -0.25) is 14.9 Å². The van der Waals surface area contributed by atoms with Crippen molar-refractivity contribution in [3.8, 4) is 0 Å². The zero-order valence-electron chi connectivity index (χ0n) is 9.36. The maximum absolute atomic E-state index is 10.7. The Morgan fingerprint density at radius 2 is 1.80 bits per heavy atom. The molecule has 0 aliphatic heterocycles. The SMILES string of the molecule is C[N+](C)(C)CCNC(CC(=O)O)C(=O)O. The molecule has 0 rings (SSSR count). The van der Waals surface area contributed by atoms with Crippen molar-refractivity contribution in [1.82, 2.24) is 5.32 Å². The minimum absolute atomic E-state index is 0.396. The fraction of sp³-hybridized carbons (Fsp3) is 0.778. The highest BCUT2D eigenvalue weighted by atomic mass is 16.4. The second-order valence-corrected chi connectivity index (χ2v) is 4.46. The van der Waals surface area contributed by atoms with Crippen LogP contribution in [-0.4, -0.2) is 66.9 Å². The van der Waals surface area contributed by atoms with Crippen molar-refractivity contribution in [2.45, 2.75) is 12.5 Å². The molecule has 0 aromatic carbocycles. The molecule has 0 bridgehead atoms. The van der Waals surface area contributed by atoms with Gasteiger partial charge < -0.3 is 14.7 Å². The number of aliphatic carboxylic acids is 2. The summed E-state index contributed by atoms with van der Waals surface area (Å²) in [5, 5.41) is 19.9. The molecule has 6 nitrogen and oxygen atoms in total. The van der Waals surface area contributed by atoms with Crippen molar-refractivity contribution in [1.29, 1.82) is 0 Å². The second-order valence-electron chi connectivity index (χ2n) is 4.46. The number of hydrogen-bond donors (Lipinski definition) is 3. The summed E-state index contributed by atoms with van der Waals surface area (Å²) in [7, 11) is 5.94. The van der Waals surface area contributed by atoms with Gasteiger partial charge in [0, 0.05) is 6.54 Å². The van der Waals surface area contributed by atoms with Gasteiger partial charge in [-0.05, 0) is 0 Å². The van der Waals surface area contributed by atoms with E-state index in [2.05, 4.69) is 5.32 Å². The molecule has 0 aromatic rings. The predicted molar refractivity (Wildman–Crippen MR) is 54.6 cm³/mol. The lowest BCUT2D eigenvalue weighted by Crippen LogP contribution is -2.46. The minimum Gasteiger partial charge on any atom is -0.481 e. The van der Waals surface area contributed by atoms with Gasteiger partial charge in [0.1, 0.15) is 6.04 Å². The maximum Gasteiger partial charge on any atom is 0.321 e. The van der Waals surface area contributed by atoms with Gasteiger partial charge in [0.05, 0.1) is 34.1 Å². The third-order valence-corrected chi connectivity index (χ3v) is 1.85. The molecule has 1 atom stereocenters. The lowest BCUT2D eigenvalue weighted by molar-refractivity contribution is -0.869. The molecule has 3 N–H and O–H groups in total. The van der Waals surface area contributed by atoms with Crippen LogP contribution in [0.3, 0.4) is 0 Å². The summed E-state index contributed by atoms with van der Waals surface area (Å²) in [6.45, 7) is 1.22. The van der Waals surface area contributed by atoms with Gasteiger partial charge in [0.25, 0.3) is 0 Å². The molecule has 0 radical (unpaired) electrons. The number of rotatable bonds is 7. The van der Waals surface area contributed by atoms with Gasteiger partial charge >= 0.3 is 11.9 Å².